The van der Waals surface area contributed by atoms with Crippen LogP contribution < -0.4 is 5.73 Å². The molecule has 2 N–H and O–H groups in total. The van der Waals surface area contributed by atoms with E-state index in [1.807, 2.05) is 24.3 Å². The van der Waals surface area contributed by atoms with Crippen LogP contribution in [-0.2, 0) is 0 Å². The van der Waals surface area contributed by atoms with E-state index in [9.17, 15) is 4.79 Å². The minimum atomic E-state index is -0.0872. The quantitative estimate of drug-likeness (QED) is 0.622. The van der Waals surface area contributed by atoms with Crippen LogP contribution in [0.5, 0.6) is 0 Å². The molecule has 0 aromatic heterocycles. The van der Waals surface area contributed by atoms with Crippen molar-refractivity contribution in [2.24, 2.45) is 5.41 Å². The van der Waals surface area contributed by atoms with E-state index in [1.54, 1.807) is 0 Å². The largest absolute Gasteiger partial charge is 0.399 e. The minimum Gasteiger partial charge on any atom is -0.399 e. The van der Waals surface area contributed by atoms with Crippen LogP contribution in [0.1, 0.15) is 49.4 Å². The molecule has 0 bridgehead atoms. The maximum Gasteiger partial charge on any atom is 0.168 e. The first-order valence-corrected chi connectivity index (χ1v) is 6.08. The Kier molecular flexibility index (Phi) is 2.99. The Hall–Kier alpha value is -1.31. The number of hydrogen-bond acceptors (Lipinski definition) is 2. The molecule has 0 heterocycles. The average Bonchev–Trinajstić information content (AvgIpc) is 2.79. The van der Waals surface area contributed by atoms with Gasteiger partial charge in [0, 0.05) is 16.7 Å². The van der Waals surface area contributed by atoms with Crippen molar-refractivity contribution >= 4 is 11.5 Å². The Bertz CT molecular complexity index is 374. The summed E-state index contributed by atoms with van der Waals surface area (Å²) in [4.78, 5) is 12.5. The monoisotopic (exact) mass is 217 g/mol. The van der Waals surface area contributed by atoms with E-state index in [0.717, 1.165) is 24.8 Å². The van der Waals surface area contributed by atoms with Gasteiger partial charge in [-0.15, -0.1) is 0 Å². The Morgan fingerprint density at radius 3 is 2.31 bits per heavy atom. The van der Waals surface area contributed by atoms with Crippen molar-refractivity contribution in [1.29, 1.82) is 0 Å². The first kappa shape index (κ1) is 11.2. The lowest BCUT2D eigenvalue weighted by Gasteiger charge is -2.25. The number of anilines is 1. The highest BCUT2D eigenvalue weighted by Crippen LogP contribution is 2.43. The molecule has 1 aliphatic rings. The topological polar surface area (TPSA) is 43.1 Å². The molecule has 2 rings (SSSR count). The SMILES string of the molecule is CCC1(C(=O)c2ccc(N)cc2)CCCC1. The van der Waals surface area contributed by atoms with Gasteiger partial charge >= 0.3 is 0 Å². The van der Waals surface area contributed by atoms with Crippen molar-refractivity contribution < 1.29 is 4.79 Å². The van der Waals surface area contributed by atoms with Crippen LogP contribution in [0.4, 0.5) is 5.69 Å². The molecule has 0 spiro atoms. The van der Waals surface area contributed by atoms with Gasteiger partial charge in [-0.1, -0.05) is 19.8 Å². The van der Waals surface area contributed by atoms with Gasteiger partial charge in [0.1, 0.15) is 0 Å². The number of Topliss-reactive ketones (excluding diaryl/α,β-unsaturated/α-hetero) is 1. The Labute approximate surface area is 96.8 Å². The van der Waals surface area contributed by atoms with E-state index in [4.69, 9.17) is 5.73 Å². The van der Waals surface area contributed by atoms with Gasteiger partial charge in [-0.3, -0.25) is 4.79 Å². The van der Waals surface area contributed by atoms with Gasteiger partial charge in [-0.25, -0.2) is 0 Å². The van der Waals surface area contributed by atoms with E-state index >= 15 is 0 Å². The third-order valence-electron chi connectivity index (χ3n) is 3.89. The molecule has 0 unspecified atom stereocenters. The highest BCUT2D eigenvalue weighted by atomic mass is 16.1. The molecule has 1 saturated carbocycles. The number of rotatable bonds is 3. The van der Waals surface area contributed by atoms with Crippen LogP contribution in [0.3, 0.4) is 0 Å². The molecule has 1 aromatic rings. The molecule has 1 aromatic carbocycles. The second-order valence-electron chi connectivity index (χ2n) is 4.79. The molecule has 2 heteroatoms. The molecular formula is C14H19NO. The molecule has 0 aliphatic heterocycles. The van der Waals surface area contributed by atoms with Crippen molar-refractivity contribution in [3.8, 4) is 0 Å². The fourth-order valence-electron chi connectivity index (χ4n) is 2.73. The standard InChI is InChI=1S/C14H19NO/c1-2-14(9-3-4-10-14)13(16)11-5-7-12(15)8-6-11/h5-8H,2-4,9-10,15H2,1H3. The van der Waals surface area contributed by atoms with Crippen LogP contribution in [0.25, 0.3) is 0 Å². The highest BCUT2D eigenvalue weighted by Gasteiger charge is 2.39. The summed E-state index contributed by atoms with van der Waals surface area (Å²) in [7, 11) is 0. The summed E-state index contributed by atoms with van der Waals surface area (Å²) in [5.41, 5.74) is 7.08. The molecule has 1 aliphatic carbocycles. The molecule has 86 valence electrons. The molecule has 0 amide bonds. The molecule has 16 heavy (non-hydrogen) atoms. The molecular weight excluding hydrogens is 198 g/mol. The predicted molar refractivity (Wildman–Crippen MR) is 66.4 cm³/mol. The Morgan fingerprint density at radius 1 is 1.25 bits per heavy atom. The number of carbonyl (C=O) groups excluding carboxylic acids is 1. The lowest BCUT2D eigenvalue weighted by atomic mass is 9.76. The zero-order valence-corrected chi connectivity index (χ0v) is 9.83. The molecule has 0 atom stereocenters. The van der Waals surface area contributed by atoms with Crippen molar-refractivity contribution in [2.45, 2.75) is 39.0 Å². The van der Waals surface area contributed by atoms with Gasteiger partial charge in [0.05, 0.1) is 0 Å². The summed E-state index contributed by atoms with van der Waals surface area (Å²) >= 11 is 0. The van der Waals surface area contributed by atoms with Gasteiger partial charge < -0.3 is 5.73 Å². The zero-order chi connectivity index (χ0) is 11.6. The summed E-state index contributed by atoms with van der Waals surface area (Å²) in [6.45, 7) is 2.13. The van der Waals surface area contributed by atoms with Crippen LogP contribution in [0.15, 0.2) is 24.3 Å². The zero-order valence-electron chi connectivity index (χ0n) is 9.83. The van der Waals surface area contributed by atoms with E-state index in [2.05, 4.69) is 6.92 Å². The second kappa shape index (κ2) is 4.28. The molecule has 2 nitrogen and oxygen atoms in total. The van der Waals surface area contributed by atoms with Crippen LogP contribution >= 0.6 is 0 Å². The van der Waals surface area contributed by atoms with E-state index in [1.165, 1.54) is 12.8 Å². The molecule has 0 radical (unpaired) electrons. The Morgan fingerprint density at radius 2 is 1.81 bits per heavy atom. The van der Waals surface area contributed by atoms with Crippen LogP contribution in [0, 0.1) is 5.41 Å². The molecule has 0 saturated heterocycles. The van der Waals surface area contributed by atoms with Crippen molar-refractivity contribution in [3.05, 3.63) is 29.8 Å². The first-order valence-electron chi connectivity index (χ1n) is 6.08. The summed E-state index contributed by atoms with van der Waals surface area (Å²) in [5.74, 6) is 0.313. The molecule has 1 fully saturated rings. The number of nitrogens with two attached hydrogens (primary N) is 1. The van der Waals surface area contributed by atoms with Gasteiger partial charge in [0.25, 0.3) is 0 Å². The minimum absolute atomic E-state index is 0.0872. The summed E-state index contributed by atoms with van der Waals surface area (Å²) < 4.78 is 0. The number of ketones is 1. The van der Waals surface area contributed by atoms with Crippen molar-refractivity contribution in [1.82, 2.24) is 0 Å². The summed E-state index contributed by atoms with van der Waals surface area (Å²) in [6.07, 6.45) is 5.43. The highest BCUT2D eigenvalue weighted by molar-refractivity contribution is 6.00. The number of hydrogen-bond donors (Lipinski definition) is 1. The number of nitrogen functional groups attached to an aromatic ring is 1. The number of carbonyl (C=O) groups is 1. The lowest BCUT2D eigenvalue weighted by molar-refractivity contribution is 0.0791. The summed E-state index contributed by atoms with van der Waals surface area (Å²) in [5, 5.41) is 0. The lowest BCUT2D eigenvalue weighted by Crippen LogP contribution is -2.27. The average molecular weight is 217 g/mol. The fourth-order valence-corrected chi connectivity index (χ4v) is 2.73. The first-order chi connectivity index (χ1) is 7.68. The second-order valence-corrected chi connectivity index (χ2v) is 4.79. The van der Waals surface area contributed by atoms with E-state index < -0.39 is 0 Å². The number of benzene rings is 1. The fraction of sp³-hybridized carbons (Fsp3) is 0.500. The maximum absolute atomic E-state index is 12.5. The van der Waals surface area contributed by atoms with Gasteiger partial charge in [-0.05, 0) is 43.5 Å². The summed E-state index contributed by atoms with van der Waals surface area (Å²) in [6, 6.07) is 7.33. The van der Waals surface area contributed by atoms with E-state index in [0.29, 0.717) is 11.5 Å². The van der Waals surface area contributed by atoms with Crippen molar-refractivity contribution in [3.63, 3.8) is 0 Å². The Balaban J connectivity index is 2.26. The van der Waals surface area contributed by atoms with Crippen LogP contribution in [-0.4, -0.2) is 5.78 Å². The van der Waals surface area contributed by atoms with Gasteiger partial charge in [0.15, 0.2) is 5.78 Å². The van der Waals surface area contributed by atoms with Crippen molar-refractivity contribution in [2.75, 3.05) is 5.73 Å². The smallest absolute Gasteiger partial charge is 0.168 e. The maximum atomic E-state index is 12.5. The third-order valence-corrected chi connectivity index (χ3v) is 3.89. The van der Waals surface area contributed by atoms with Crippen LogP contribution in [0.2, 0.25) is 0 Å². The normalized spacial score (nSPS) is 18.6. The van der Waals surface area contributed by atoms with E-state index in [-0.39, 0.29) is 5.41 Å². The van der Waals surface area contributed by atoms with Gasteiger partial charge in [-0.2, -0.15) is 0 Å². The van der Waals surface area contributed by atoms with Gasteiger partial charge in [0.2, 0.25) is 0 Å². The predicted octanol–water partition coefficient (Wildman–Crippen LogP) is 3.42. The third kappa shape index (κ3) is 1.84.